The van der Waals surface area contributed by atoms with Crippen molar-refractivity contribution in [2.24, 2.45) is 0 Å². The minimum Gasteiger partial charge on any atom is -0.324 e. The summed E-state index contributed by atoms with van der Waals surface area (Å²) in [5, 5.41) is 11.8. The van der Waals surface area contributed by atoms with Crippen molar-refractivity contribution in [3.63, 3.8) is 0 Å². The molecule has 1 N–H and O–H groups in total. The number of halogens is 1. The number of aromatic nitrogens is 3. The Hall–Kier alpha value is -2.67. The second-order valence-corrected chi connectivity index (χ2v) is 7.80. The molecule has 1 saturated carbocycles. The lowest BCUT2D eigenvalue weighted by molar-refractivity contribution is 0.626. The number of anilines is 2. The first-order valence-electron chi connectivity index (χ1n) is 9.37. The van der Waals surface area contributed by atoms with Crippen LogP contribution < -0.4 is 10.9 Å². The maximum atomic E-state index is 13.0. The molecule has 0 bridgehead atoms. The third-order valence-electron chi connectivity index (χ3n) is 4.71. The molecule has 1 aliphatic carbocycles. The van der Waals surface area contributed by atoms with Gasteiger partial charge in [0, 0.05) is 22.4 Å². The summed E-state index contributed by atoms with van der Waals surface area (Å²) in [6, 6.07) is 14.4. The molecule has 0 spiro atoms. The number of hydrogen-bond donors (Lipinski definition) is 1. The number of rotatable bonds is 7. The zero-order valence-electron chi connectivity index (χ0n) is 15.6. The van der Waals surface area contributed by atoms with Crippen LogP contribution in [0.25, 0.3) is 0 Å². The van der Waals surface area contributed by atoms with E-state index in [0.717, 1.165) is 35.4 Å². The van der Waals surface area contributed by atoms with Crippen LogP contribution in [0.2, 0.25) is 0 Å². The van der Waals surface area contributed by atoms with Gasteiger partial charge in [-0.1, -0.05) is 25.1 Å². The summed E-state index contributed by atoms with van der Waals surface area (Å²) < 4.78 is 14.8. The van der Waals surface area contributed by atoms with Crippen LogP contribution in [0.15, 0.2) is 58.2 Å². The number of benzene rings is 2. The molecule has 5 nitrogen and oxygen atoms in total. The third-order valence-corrected chi connectivity index (χ3v) is 5.73. The van der Waals surface area contributed by atoms with Gasteiger partial charge in [0.15, 0.2) is 0 Å². The van der Waals surface area contributed by atoms with Gasteiger partial charge >= 0.3 is 0 Å². The predicted octanol–water partition coefficient (Wildman–Crippen LogP) is 4.71. The molecule has 7 heteroatoms. The SMILES string of the molecule is CCc1ccccc1Nc1nnc(CSc2ccc(F)cc2)c(=O)n1C1CC1. The molecular weight excluding hydrogens is 375 g/mol. The fraction of sp³-hybridized carbons (Fsp3) is 0.286. The zero-order chi connectivity index (χ0) is 19.5. The molecule has 1 aromatic heterocycles. The second-order valence-electron chi connectivity index (χ2n) is 6.75. The van der Waals surface area contributed by atoms with Gasteiger partial charge in [-0.3, -0.25) is 9.36 Å². The molecule has 0 unspecified atom stereocenters. The lowest BCUT2D eigenvalue weighted by Gasteiger charge is -2.15. The van der Waals surface area contributed by atoms with Gasteiger partial charge in [0.2, 0.25) is 5.95 Å². The Kier molecular flexibility index (Phi) is 5.43. The first-order valence-corrected chi connectivity index (χ1v) is 10.4. The summed E-state index contributed by atoms with van der Waals surface area (Å²) in [6.07, 6.45) is 2.83. The summed E-state index contributed by atoms with van der Waals surface area (Å²) in [6.45, 7) is 2.09. The summed E-state index contributed by atoms with van der Waals surface area (Å²) in [5.74, 6) is 0.614. The monoisotopic (exact) mass is 396 g/mol. The van der Waals surface area contributed by atoms with Crippen LogP contribution in [0, 0.1) is 5.82 Å². The van der Waals surface area contributed by atoms with E-state index in [9.17, 15) is 9.18 Å². The van der Waals surface area contributed by atoms with Gasteiger partial charge in [0.1, 0.15) is 11.5 Å². The van der Waals surface area contributed by atoms with Crippen molar-refractivity contribution in [1.29, 1.82) is 0 Å². The Morgan fingerprint density at radius 2 is 1.89 bits per heavy atom. The fourth-order valence-corrected chi connectivity index (χ4v) is 3.85. The number of para-hydroxylation sites is 1. The number of aryl methyl sites for hydroxylation is 1. The van der Waals surface area contributed by atoms with Gasteiger partial charge in [0.25, 0.3) is 5.56 Å². The molecule has 0 atom stereocenters. The van der Waals surface area contributed by atoms with E-state index in [1.807, 2.05) is 18.2 Å². The van der Waals surface area contributed by atoms with Crippen molar-refractivity contribution in [2.75, 3.05) is 5.32 Å². The highest BCUT2D eigenvalue weighted by Gasteiger charge is 2.29. The minimum absolute atomic E-state index is 0.108. The molecule has 0 amide bonds. The van der Waals surface area contributed by atoms with Crippen molar-refractivity contribution in [1.82, 2.24) is 14.8 Å². The quantitative estimate of drug-likeness (QED) is 0.586. The van der Waals surface area contributed by atoms with Crippen molar-refractivity contribution in [3.05, 3.63) is 76.0 Å². The van der Waals surface area contributed by atoms with Crippen LogP contribution in [-0.4, -0.2) is 14.8 Å². The van der Waals surface area contributed by atoms with Gasteiger partial charge in [-0.2, -0.15) is 0 Å². The predicted molar refractivity (Wildman–Crippen MR) is 110 cm³/mol. The summed E-state index contributed by atoms with van der Waals surface area (Å²) in [7, 11) is 0. The largest absolute Gasteiger partial charge is 0.324 e. The Morgan fingerprint density at radius 3 is 2.61 bits per heavy atom. The standard InChI is InChI=1S/C21H21FN4OS/c1-2-14-5-3-4-6-18(14)23-21-25-24-19(20(27)26(21)16-9-10-16)13-28-17-11-7-15(22)8-12-17/h3-8,11-12,16H,2,9-10,13H2,1H3,(H,23,25). The average Bonchev–Trinajstić information content (AvgIpc) is 3.54. The van der Waals surface area contributed by atoms with E-state index >= 15 is 0 Å². The highest BCUT2D eigenvalue weighted by molar-refractivity contribution is 7.98. The van der Waals surface area contributed by atoms with E-state index in [1.54, 1.807) is 16.7 Å². The molecule has 1 heterocycles. The molecule has 28 heavy (non-hydrogen) atoms. The van der Waals surface area contributed by atoms with Gasteiger partial charge in [0.05, 0.1) is 0 Å². The summed E-state index contributed by atoms with van der Waals surface area (Å²) in [5.41, 5.74) is 2.41. The first kappa shape index (κ1) is 18.7. The molecule has 3 aromatic rings. The summed E-state index contributed by atoms with van der Waals surface area (Å²) >= 11 is 1.45. The van der Waals surface area contributed by atoms with Gasteiger partial charge in [-0.25, -0.2) is 4.39 Å². The highest BCUT2D eigenvalue weighted by atomic mass is 32.2. The van der Waals surface area contributed by atoms with Crippen LogP contribution in [0.5, 0.6) is 0 Å². The van der Waals surface area contributed by atoms with Crippen molar-refractivity contribution in [2.45, 2.75) is 42.9 Å². The maximum Gasteiger partial charge on any atom is 0.278 e. The van der Waals surface area contributed by atoms with E-state index in [4.69, 9.17) is 0 Å². The van der Waals surface area contributed by atoms with Crippen molar-refractivity contribution in [3.8, 4) is 0 Å². The maximum absolute atomic E-state index is 13.0. The van der Waals surface area contributed by atoms with E-state index in [1.165, 1.54) is 23.9 Å². The van der Waals surface area contributed by atoms with Gasteiger partial charge in [-0.05, 0) is 55.2 Å². The topological polar surface area (TPSA) is 59.8 Å². The van der Waals surface area contributed by atoms with E-state index < -0.39 is 0 Å². The normalized spacial score (nSPS) is 13.5. The van der Waals surface area contributed by atoms with Crippen LogP contribution in [0.4, 0.5) is 16.0 Å². The molecule has 2 aromatic carbocycles. The van der Waals surface area contributed by atoms with Crippen molar-refractivity contribution >= 4 is 23.4 Å². The first-order chi connectivity index (χ1) is 13.7. The Bertz CT molecular complexity index is 1030. The molecule has 0 saturated heterocycles. The molecule has 0 aliphatic heterocycles. The smallest absolute Gasteiger partial charge is 0.278 e. The number of thioether (sulfide) groups is 1. The molecule has 1 fully saturated rings. The second kappa shape index (κ2) is 8.14. The van der Waals surface area contributed by atoms with Gasteiger partial charge < -0.3 is 5.32 Å². The summed E-state index contributed by atoms with van der Waals surface area (Å²) in [4.78, 5) is 13.9. The lowest BCUT2D eigenvalue weighted by Crippen LogP contribution is -2.28. The van der Waals surface area contributed by atoms with Crippen LogP contribution in [-0.2, 0) is 12.2 Å². The highest BCUT2D eigenvalue weighted by Crippen LogP contribution is 2.36. The molecule has 1 aliphatic rings. The number of nitrogens with zero attached hydrogens (tertiary/aromatic N) is 3. The number of hydrogen-bond acceptors (Lipinski definition) is 5. The third kappa shape index (κ3) is 4.09. The average molecular weight is 396 g/mol. The molecule has 0 radical (unpaired) electrons. The van der Waals surface area contributed by atoms with Crippen molar-refractivity contribution < 1.29 is 4.39 Å². The fourth-order valence-electron chi connectivity index (χ4n) is 3.03. The Balaban J connectivity index is 1.60. The lowest BCUT2D eigenvalue weighted by atomic mass is 10.1. The molecular formula is C21H21FN4OS. The Morgan fingerprint density at radius 1 is 1.14 bits per heavy atom. The van der Waals surface area contributed by atoms with Crippen LogP contribution in [0.3, 0.4) is 0 Å². The van der Waals surface area contributed by atoms with E-state index in [2.05, 4.69) is 28.5 Å². The van der Waals surface area contributed by atoms with Crippen LogP contribution >= 0.6 is 11.8 Å². The Labute approximate surface area is 167 Å². The van der Waals surface area contributed by atoms with Gasteiger partial charge in [-0.15, -0.1) is 22.0 Å². The number of nitrogens with one attached hydrogen (secondary N) is 1. The van der Waals surface area contributed by atoms with Crippen LogP contribution in [0.1, 0.15) is 37.1 Å². The van der Waals surface area contributed by atoms with E-state index in [-0.39, 0.29) is 17.4 Å². The zero-order valence-corrected chi connectivity index (χ0v) is 16.4. The molecule has 144 valence electrons. The van der Waals surface area contributed by atoms with E-state index in [0.29, 0.717) is 17.4 Å². The molecule has 4 rings (SSSR count). The minimum atomic E-state index is -0.275.